The largest absolute Gasteiger partial charge is 0.317 e. The van der Waals surface area contributed by atoms with Gasteiger partial charge in [0.15, 0.2) is 0 Å². The first-order valence-electron chi connectivity index (χ1n) is 8.11. The third-order valence-corrected chi connectivity index (χ3v) is 5.04. The quantitative estimate of drug-likeness (QED) is 0.805. The fraction of sp³-hybridized carbons (Fsp3) is 0.867. The van der Waals surface area contributed by atoms with Crippen LogP contribution in [-0.4, -0.2) is 82.8 Å². The lowest BCUT2D eigenvalue weighted by Gasteiger charge is -2.32. The van der Waals surface area contributed by atoms with Crippen molar-refractivity contribution in [1.82, 2.24) is 29.5 Å². The molecule has 0 aromatic carbocycles. The highest BCUT2D eigenvalue weighted by Crippen LogP contribution is 2.26. The van der Waals surface area contributed by atoms with Crippen molar-refractivity contribution < 1.29 is 0 Å². The second-order valence-electron chi connectivity index (χ2n) is 6.69. The Morgan fingerprint density at radius 1 is 0.857 bits per heavy atom. The van der Waals surface area contributed by atoms with Gasteiger partial charge < -0.3 is 14.4 Å². The van der Waals surface area contributed by atoms with Crippen LogP contribution in [0.3, 0.4) is 0 Å². The molecule has 0 saturated carbocycles. The van der Waals surface area contributed by atoms with Gasteiger partial charge in [0.2, 0.25) is 0 Å². The third-order valence-electron chi connectivity index (χ3n) is 5.04. The highest BCUT2D eigenvalue weighted by Gasteiger charge is 2.24. The van der Waals surface area contributed by atoms with E-state index in [1.54, 1.807) is 0 Å². The number of piperazine rings is 1. The van der Waals surface area contributed by atoms with Gasteiger partial charge in [0.05, 0.1) is 6.54 Å². The molecular formula is C15H28N6. The van der Waals surface area contributed by atoms with Crippen molar-refractivity contribution in [2.24, 2.45) is 7.05 Å². The van der Waals surface area contributed by atoms with E-state index in [1.807, 2.05) is 0 Å². The molecule has 0 N–H and O–H groups in total. The molecule has 3 heterocycles. The third kappa shape index (κ3) is 3.44. The maximum Gasteiger partial charge on any atom is 0.146 e. The first-order valence-corrected chi connectivity index (χ1v) is 8.11. The van der Waals surface area contributed by atoms with Gasteiger partial charge in [0.1, 0.15) is 11.6 Å². The zero-order valence-electron chi connectivity index (χ0n) is 13.6. The molecule has 0 amide bonds. The molecule has 0 unspecified atom stereocenters. The molecular weight excluding hydrogens is 264 g/mol. The summed E-state index contributed by atoms with van der Waals surface area (Å²) in [5.41, 5.74) is 0. The Labute approximate surface area is 127 Å². The molecule has 1 aromatic heterocycles. The van der Waals surface area contributed by atoms with Crippen LogP contribution < -0.4 is 0 Å². The van der Waals surface area contributed by atoms with Crippen molar-refractivity contribution in [3.63, 3.8) is 0 Å². The Hall–Kier alpha value is -0.980. The fourth-order valence-corrected chi connectivity index (χ4v) is 3.34. The summed E-state index contributed by atoms with van der Waals surface area (Å²) in [4.78, 5) is 7.28. The van der Waals surface area contributed by atoms with Crippen LogP contribution in [0.2, 0.25) is 0 Å². The van der Waals surface area contributed by atoms with Crippen molar-refractivity contribution in [1.29, 1.82) is 0 Å². The van der Waals surface area contributed by atoms with E-state index in [9.17, 15) is 0 Å². The van der Waals surface area contributed by atoms with Crippen LogP contribution in [-0.2, 0) is 13.6 Å². The second-order valence-corrected chi connectivity index (χ2v) is 6.69. The van der Waals surface area contributed by atoms with E-state index < -0.39 is 0 Å². The molecule has 0 atom stereocenters. The standard InChI is InChI=1S/C15H28N6/c1-18-6-4-13(5-7-18)15-17-16-14(20(15)3)12-21-10-8-19(2)9-11-21/h13H,4-12H2,1-3H3. The van der Waals surface area contributed by atoms with Gasteiger partial charge in [-0.2, -0.15) is 0 Å². The Balaban J connectivity index is 1.62. The number of nitrogens with zero attached hydrogens (tertiary/aromatic N) is 6. The molecule has 2 fully saturated rings. The first-order chi connectivity index (χ1) is 10.1. The van der Waals surface area contributed by atoms with Crippen LogP contribution in [0.15, 0.2) is 0 Å². The van der Waals surface area contributed by atoms with Crippen LogP contribution in [0.4, 0.5) is 0 Å². The van der Waals surface area contributed by atoms with Crippen molar-refractivity contribution >= 4 is 0 Å². The van der Waals surface area contributed by atoms with Gasteiger partial charge in [-0.15, -0.1) is 10.2 Å². The summed E-state index contributed by atoms with van der Waals surface area (Å²) in [6.07, 6.45) is 2.41. The number of hydrogen-bond acceptors (Lipinski definition) is 5. The summed E-state index contributed by atoms with van der Waals surface area (Å²) in [5, 5.41) is 8.97. The molecule has 0 radical (unpaired) electrons. The van der Waals surface area contributed by atoms with Gasteiger partial charge in [0, 0.05) is 39.1 Å². The number of rotatable bonds is 3. The van der Waals surface area contributed by atoms with Gasteiger partial charge in [-0.25, -0.2) is 0 Å². The molecule has 0 aliphatic carbocycles. The number of hydrogen-bond donors (Lipinski definition) is 0. The van der Waals surface area contributed by atoms with E-state index >= 15 is 0 Å². The molecule has 118 valence electrons. The number of likely N-dealkylation sites (tertiary alicyclic amines) is 1. The highest BCUT2D eigenvalue weighted by atomic mass is 15.3. The van der Waals surface area contributed by atoms with Crippen molar-refractivity contribution in [2.45, 2.75) is 25.3 Å². The van der Waals surface area contributed by atoms with E-state index in [0.717, 1.165) is 38.5 Å². The normalized spacial score (nSPS) is 23.8. The smallest absolute Gasteiger partial charge is 0.146 e. The summed E-state index contributed by atoms with van der Waals surface area (Å²) in [6, 6.07) is 0. The first kappa shape index (κ1) is 14.9. The summed E-state index contributed by atoms with van der Waals surface area (Å²) in [7, 11) is 6.53. The van der Waals surface area contributed by atoms with Gasteiger partial charge >= 0.3 is 0 Å². The Morgan fingerprint density at radius 3 is 2.14 bits per heavy atom. The van der Waals surface area contributed by atoms with Gasteiger partial charge in [0.25, 0.3) is 0 Å². The zero-order valence-corrected chi connectivity index (χ0v) is 13.6. The molecule has 6 nitrogen and oxygen atoms in total. The monoisotopic (exact) mass is 292 g/mol. The summed E-state index contributed by atoms with van der Waals surface area (Å²) in [6.45, 7) is 7.85. The minimum absolute atomic E-state index is 0.583. The van der Waals surface area contributed by atoms with Crippen LogP contribution in [0.1, 0.15) is 30.4 Å². The number of likely N-dealkylation sites (N-methyl/N-ethyl adjacent to an activating group) is 1. The maximum atomic E-state index is 4.50. The molecule has 2 saturated heterocycles. The van der Waals surface area contributed by atoms with Gasteiger partial charge in [-0.05, 0) is 40.0 Å². The molecule has 3 rings (SSSR count). The molecule has 1 aromatic rings. The molecule has 0 spiro atoms. The maximum absolute atomic E-state index is 4.50. The average Bonchev–Trinajstić information content (AvgIpc) is 2.84. The zero-order chi connectivity index (χ0) is 14.8. The summed E-state index contributed by atoms with van der Waals surface area (Å²) < 4.78 is 2.24. The Kier molecular flexibility index (Phi) is 4.57. The highest BCUT2D eigenvalue weighted by molar-refractivity contribution is 5.03. The van der Waals surface area contributed by atoms with E-state index in [1.165, 1.54) is 31.8 Å². The SMILES string of the molecule is CN1CCC(c2nnc(CN3CCN(C)CC3)n2C)CC1. The van der Waals surface area contributed by atoms with E-state index in [2.05, 4.69) is 50.6 Å². The molecule has 21 heavy (non-hydrogen) atoms. The van der Waals surface area contributed by atoms with Crippen molar-refractivity contribution in [3.05, 3.63) is 11.6 Å². The van der Waals surface area contributed by atoms with E-state index in [4.69, 9.17) is 0 Å². The second kappa shape index (κ2) is 6.42. The van der Waals surface area contributed by atoms with Crippen LogP contribution in [0, 0.1) is 0 Å². The molecule has 6 heteroatoms. The summed E-state index contributed by atoms with van der Waals surface area (Å²) >= 11 is 0. The van der Waals surface area contributed by atoms with Crippen LogP contribution in [0.5, 0.6) is 0 Å². The number of aromatic nitrogens is 3. The summed E-state index contributed by atoms with van der Waals surface area (Å²) in [5.74, 6) is 2.89. The van der Waals surface area contributed by atoms with Crippen LogP contribution >= 0.6 is 0 Å². The van der Waals surface area contributed by atoms with Crippen molar-refractivity contribution in [3.8, 4) is 0 Å². The van der Waals surface area contributed by atoms with Crippen LogP contribution in [0.25, 0.3) is 0 Å². The van der Waals surface area contributed by atoms with Gasteiger partial charge in [-0.1, -0.05) is 0 Å². The minimum Gasteiger partial charge on any atom is -0.317 e. The minimum atomic E-state index is 0.583. The van der Waals surface area contributed by atoms with Gasteiger partial charge in [-0.3, -0.25) is 4.90 Å². The lowest BCUT2D eigenvalue weighted by atomic mass is 9.96. The topological polar surface area (TPSA) is 40.4 Å². The predicted molar refractivity (Wildman–Crippen MR) is 83.2 cm³/mol. The lowest BCUT2D eigenvalue weighted by Crippen LogP contribution is -2.44. The Bertz CT molecular complexity index is 455. The van der Waals surface area contributed by atoms with E-state index in [-0.39, 0.29) is 0 Å². The lowest BCUT2D eigenvalue weighted by molar-refractivity contribution is 0.144. The Morgan fingerprint density at radius 2 is 1.48 bits per heavy atom. The molecule has 0 bridgehead atoms. The molecule has 2 aliphatic rings. The van der Waals surface area contributed by atoms with Crippen molar-refractivity contribution in [2.75, 3.05) is 53.4 Å². The average molecular weight is 292 g/mol. The van der Waals surface area contributed by atoms with E-state index in [0.29, 0.717) is 5.92 Å². The molecule has 2 aliphatic heterocycles. The fourth-order valence-electron chi connectivity index (χ4n) is 3.34. The predicted octanol–water partition coefficient (Wildman–Crippen LogP) is 0.372. The number of piperidine rings is 1.